The van der Waals surface area contributed by atoms with Crippen molar-refractivity contribution in [1.82, 2.24) is 9.97 Å². The van der Waals surface area contributed by atoms with Crippen molar-refractivity contribution >= 4 is 45.5 Å². The van der Waals surface area contributed by atoms with E-state index in [1.54, 1.807) is 35.7 Å². The summed E-state index contributed by atoms with van der Waals surface area (Å²) in [5.74, 6) is -0.533. The van der Waals surface area contributed by atoms with E-state index >= 15 is 0 Å². The highest BCUT2D eigenvalue weighted by molar-refractivity contribution is 7.14. The number of carbonyl (C=O) groups is 1. The van der Waals surface area contributed by atoms with Crippen LogP contribution in [0, 0.1) is 10.1 Å². The number of carbonyl (C=O) groups excluding carboxylic acids is 1. The van der Waals surface area contributed by atoms with E-state index in [9.17, 15) is 14.9 Å². The lowest BCUT2D eigenvalue weighted by atomic mass is 10.3. The molecule has 10 heteroatoms. The first-order valence-corrected chi connectivity index (χ1v) is 8.94. The molecule has 8 nitrogen and oxygen atoms in total. The maximum absolute atomic E-state index is 12.1. The van der Waals surface area contributed by atoms with Crippen molar-refractivity contribution in [2.24, 2.45) is 0 Å². The molecule has 0 saturated carbocycles. The van der Waals surface area contributed by atoms with E-state index in [2.05, 4.69) is 9.97 Å². The standard InChI is InChI=1S/C17H13ClN4O4S/c1-11(23)21(14-5-2-4-12(18)8-14)17-20-13(10-27-17)9-26-15-6-3-7-19-16(15)22(24)25/h2-8,10H,9H2,1H3. The summed E-state index contributed by atoms with van der Waals surface area (Å²) in [7, 11) is 0. The Morgan fingerprint density at radius 3 is 2.89 bits per heavy atom. The summed E-state index contributed by atoms with van der Waals surface area (Å²) in [4.78, 5) is 32.0. The van der Waals surface area contributed by atoms with E-state index in [0.717, 1.165) is 0 Å². The van der Waals surface area contributed by atoms with Crippen molar-refractivity contribution in [2.75, 3.05) is 4.90 Å². The third-order valence-corrected chi connectivity index (χ3v) is 4.52. The van der Waals surface area contributed by atoms with Gasteiger partial charge >= 0.3 is 5.82 Å². The summed E-state index contributed by atoms with van der Waals surface area (Å²) in [6.45, 7) is 1.43. The van der Waals surface area contributed by atoms with Gasteiger partial charge in [-0.3, -0.25) is 9.69 Å². The summed E-state index contributed by atoms with van der Waals surface area (Å²) in [6.07, 6.45) is 1.32. The molecule has 0 bridgehead atoms. The average Bonchev–Trinajstić information content (AvgIpc) is 3.08. The highest BCUT2D eigenvalue weighted by Crippen LogP contribution is 2.31. The van der Waals surface area contributed by atoms with Gasteiger partial charge < -0.3 is 14.9 Å². The van der Waals surface area contributed by atoms with Crippen molar-refractivity contribution in [3.8, 4) is 5.75 Å². The molecule has 0 aliphatic rings. The first-order valence-electron chi connectivity index (χ1n) is 7.68. The number of nitro groups is 1. The van der Waals surface area contributed by atoms with Crippen LogP contribution in [0.15, 0.2) is 48.0 Å². The number of aromatic nitrogens is 2. The van der Waals surface area contributed by atoms with E-state index in [1.165, 1.54) is 35.4 Å². The summed E-state index contributed by atoms with van der Waals surface area (Å²) in [6, 6.07) is 9.89. The van der Waals surface area contributed by atoms with E-state index < -0.39 is 4.92 Å². The molecule has 0 unspecified atom stereocenters. The molecule has 0 radical (unpaired) electrons. The number of rotatable bonds is 6. The number of benzene rings is 1. The number of amides is 1. The van der Waals surface area contributed by atoms with Crippen molar-refractivity contribution in [2.45, 2.75) is 13.5 Å². The molecular weight excluding hydrogens is 392 g/mol. The Kier molecular flexibility index (Phi) is 5.63. The topological polar surface area (TPSA) is 98.5 Å². The van der Waals surface area contributed by atoms with Crippen molar-refractivity contribution in [1.29, 1.82) is 0 Å². The lowest BCUT2D eigenvalue weighted by Gasteiger charge is -2.18. The minimum Gasteiger partial charge on any atom is -0.479 e. The molecule has 2 aromatic heterocycles. The lowest BCUT2D eigenvalue weighted by Crippen LogP contribution is -2.22. The smallest absolute Gasteiger partial charge is 0.406 e. The number of hydrogen-bond acceptors (Lipinski definition) is 7. The minimum absolute atomic E-state index is 0.00429. The fraction of sp³-hybridized carbons (Fsp3) is 0.118. The van der Waals surface area contributed by atoms with Gasteiger partial charge in [-0.15, -0.1) is 11.3 Å². The van der Waals surface area contributed by atoms with Crippen molar-refractivity contribution in [3.05, 3.63) is 68.8 Å². The minimum atomic E-state index is -0.613. The van der Waals surface area contributed by atoms with Gasteiger partial charge in [0.1, 0.15) is 12.8 Å². The fourth-order valence-electron chi connectivity index (χ4n) is 2.29. The molecule has 138 valence electrons. The van der Waals surface area contributed by atoms with E-state index in [1.807, 2.05) is 0 Å². The number of pyridine rings is 1. The molecule has 0 aliphatic carbocycles. The molecule has 1 amide bonds. The molecular formula is C17H13ClN4O4S. The molecule has 3 aromatic rings. The predicted octanol–water partition coefficient (Wildman–Crippen LogP) is 4.36. The quantitative estimate of drug-likeness (QED) is 0.447. The van der Waals surface area contributed by atoms with Crippen LogP contribution < -0.4 is 9.64 Å². The van der Waals surface area contributed by atoms with E-state index in [0.29, 0.717) is 21.5 Å². The highest BCUT2D eigenvalue weighted by Gasteiger charge is 2.20. The Morgan fingerprint density at radius 1 is 1.37 bits per heavy atom. The van der Waals surface area contributed by atoms with E-state index in [4.69, 9.17) is 16.3 Å². The second-order valence-corrected chi connectivity index (χ2v) is 6.60. The molecule has 1 aromatic carbocycles. The van der Waals surface area contributed by atoms with Gasteiger partial charge in [0, 0.05) is 17.3 Å². The Bertz CT molecular complexity index is 994. The molecule has 0 spiro atoms. The summed E-state index contributed by atoms with van der Waals surface area (Å²) in [5.41, 5.74) is 1.13. The summed E-state index contributed by atoms with van der Waals surface area (Å²) in [5, 5.41) is 13.7. The van der Waals surface area contributed by atoms with Crippen LogP contribution in [0.4, 0.5) is 16.6 Å². The van der Waals surface area contributed by atoms with Gasteiger partial charge in [-0.05, 0) is 40.2 Å². The maximum atomic E-state index is 12.1. The second kappa shape index (κ2) is 8.11. The number of thiazole rings is 1. The molecule has 0 aliphatic heterocycles. The zero-order valence-corrected chi connectivity index (χ0v) is 15.6. The predicted molar refractivity (Wildman–Crippen MR) is 102 cm³/mol. The molecule has 0 fully saturated rings. The van der Waals surface area contributed by atoms with Gasteiger partial charge in [-0.2, -0.15) is 0 Å². The van der Waals surface area contributed by atoms with Crippen LogP contribution in [0.1, 0.15) is 12.6 Å². The average molecular weight is 405 g/mol. The Labute approximate surface area is 163 Å². The van der Waals surface area contributed by atoms with E-state index in [-0.39, 0.29) is 24.1 Å². The zero-order valence-electron chi connectivity index (χ0n) is 14.0. The third kappa shape index (κ3) is 4.39. The van der Waals surface area contributed by atoms with Gasteiger partial charge in [0.15, 0.2) is 5.13 Å². The van der Waals surface area contributed by atoms with Crippen molar-refractivity contribution < 1.29 is 14.5 Å². The molecule has 0 atom stereocenters. The van der Waals surface area contributed by atoms with Crippen LogP contribution in [0.3, 0.4) is 0 Å². The molecule has 2 heterocycles. The maximum Gasteiger partial charge on any atom is 0.406 e. The SMILES string of the molecule is CC(=O)N(c1cccc(Cl)c1)c1nc(COc2cccnc2[N+](=O)[O-])cs1. The third-order valence-electron chi connectivity index (χ3n) is 3.41. The van der Waals surface area contributed by atoms with Gasteiger partial charge in [-0.1, -0.05) is 17.7 Å². The monoisotopic (exact) mass is 404 g/mol. The molecule has 0 saturated heterocycles. The van der Waals surface area contributed by atoms with Crippen LogP contribution in [-0.2, 0) is 11.4 Å². The van der Waals surface area contributed by atoms with Crippen LogP contribution >= 0.6 is 22.9 Å². The first kappa shape index (κ1) is 18.7. The van der Waals surface area contributed by atoms with Crippen molar-refractivity contribution in [3.63, 3.8) is 0 Å². The normalized spacial score (nSPS) is 10.4. The number of halogens is 1. The highest BCUT2D eigenvalue weighted by atomic mass is 35.5. The van der Waals surface area contributed by atoms with Gasteiger partial charge in [0.25, 0.3) is 0 Å². The number of anilines is 2. The van der Waals surface area contributed by atoms with Crippen LogP contribution in [-0.4, -0.2) is 20.8 Å². The Hall–Kier alpha value is -3.04. The first-order chi connectivity index (χ1) is 13.0. The molecule has 3 rings (SSSR count). The number of ether oxygens (including phenoxy) is 1. The van der Waals surface area contributed by atoms with Crippen LogP contribution in [0.2, 0.25) is 5.02 Å². The molecule has 27 heavy (non-hydrogen) atoms. The van der Waals surface area contributed by atoms with Gasteiger partial charge in [-0.25, -0.2) is 4.98 Å². The Balaban J connectivity index is 1.80. The number of hydrogen-bond donors (Lipinski definition) is 0. The largest absolute Gasteiger partial charge is 0.479 e. The molecule has 0 N–H and O–H groups in total. The zero-order chi connectivity index (χ0) is 19.4. The van der Waals surface area contributed by atoms with Crippen LogP contribution in [0.5, 0.6) is 5.75 Å². The fourth-order valence-corrected chi connectivity index (χ4v) is 3.35. The summed E-state index contributed by atoms with van der Waals surface area (Å²) >= 11 is 7.26. The summed E-state index contributed by atoms with van der Waals surface area (Å²) < 4.78 is 5.48. The lowest BCUT2D eigenvalue weighted by molar-refractivity contribution is -0.390. The van der Waals surface area contributed by atoms with Gasteiger partial charge in [0.05, 0.1) is 11.4 Å². The second-order valence-electron chi connectivity index (χ2n) is 5.33. The van der Waals surface area contributed by atoms with Crippen LogP contribution in [0.25, 0.3) is 0 Å². The Morgan fingerprint density at radius 2 is 2.19 bits per heavy atom. The number of nitrogens with zero attached hydrogens (tertiary/aromatic N) is 4. The van der Waals surface area contributed by atoms with Gasteiger partial charge in [0.2, 0.25) is 11.7 Å².